The topological polar surface area (TPSA) is 66.9 Å². The molecule has 6 nitrogen and oxygen atoms in total. The van der Waals surface area contributed by atoms with Gasteiger partial charge in [0.15, 0.2) is 0 Å². The van der Waals surface area contributed by atoms with E-state index in [2.05, 4.69) is 0 Å². The summed E-state index contributed by atoms with van der Waals surface area (Å²) in [4.78, 5) is 41.1. The standard InChI is InChI=1S/C22H24N2O4S/c25-20-9-10-21(26)24(20)13-16-5-7-17(8-6-16)22(27)23(14-18-3-1-11-28-18)15-19-4-2-12-29-19/h2,4-8,12,18H,1,3,9-11,13-15H2. The van der Waals surface area contributed by atoms with Crippen molar-refractivity contribution in [3.05, 3.63) is 57.8 Å². The molecule has 4 rings (SSSR count). The Balaban J connectivity index is 1.46. The van der Waals surface area contributed by atoms with Crippen LogP contribution >= 0.6 is 11.3 Å². The monoisotopic (exact) mass is 412 g/mol. The van der Waals surface area contributed by atoms with Crippen LogP contribution in [0.4, 0.5) is 0 Å². The highest BCUT2D eigenvalue weighted by atomic mass is 32.1. The minimum absolute atomic E-state index is 0.0335. The van der Waals surface area contributed by atoms with E-state index in [0.717, 1.165) is 29.9 Å². The molecule has 1 atom stereocenters. The maximum Gasteiger partial charge on any atom is 0.254 e. The third kappa shape index (κ3) is 4.74. The number of thiophene rings is 1. The molecule has 0 spiro atoms. The molecule has 2 saturated heterocycles. The maximum absolute atomic E-state index is 13.2. The molecular weight excluding hydrogens is 388 g/mol. The Hall–Kier alpha value is -2.51. The van der Waals surface area contributed by atoms with E-state index in [4.69, 9.17) is 4.74 Å². The van der Waals surface area contributed by atoms with Gasteiger partial charge in [-0.15, -0.1) is 11.3 Å². The lowest BCUT2D eigenvalue weighted by Gasteiger charge is -2.25. The second kappa shape index (κ2) is 8.88. The van der Waals surface area contributed by atoms with E-state index in [1.54, 1.807) is 23.5 Å². The van der Waals surface area contributed by atoms with Crippen LogP contribution in [0.15, 0.2) is 41.8 Å². The van der Waals surface area contributed by atoms with Gasteiger partial charge in [-0.25, -0.2) is 0 Å². The molecule has 0 saturated carbocycles. The van der Waals surface area contributed by atoms with Crippen LogP contribution in [0, 0.1) is 0 Å². The van der Waals surface area contributed by atoms with Crippen LogP contribution in [0.2, 0.25) is 0 Å². The van der Waals surface area contributed by atoms with Crippen molar-refractivity contribution in [2.45, 2.75) is 44.9 Å². The predicted molar refractivity (Wildman–Crippen MR) is 109 cm³/mol. The molecule has 2 aliphatic rings. The third-order valence-electron chi connectivity index (χ3n) is 5.36. The normalized spacial score (nSPS) is 19.2. The quantitative estimate of drug-likeness (QED) is 0.655. The van der Waals surface area contributed by atoms with Gasteiger partial charge in [-0.05, 0) is 42.0 Å². The van der Waals surface area contributed by atoms with Gasteiger partial charge in [-0.2, -0.15) is 0 Å². The molecule has 0 N–H and O–H groups in total. The Morgan fingerprint density at radius 3 is 2.52 bits per heavy atom. The molecule has 29 heavy (non-hydrogen) atoms. The van der Waals surface area contributed by atoms with Gasteiger partial charge >= 0.3 is 0 Å². The molecule has 3 amide bonds. The zero-order chi connectivity index (χ0) is 20.2. The number of imide groups is 1. The van der Waals surface area contributed by atoms with Gasteiger partial charge < -0.3 is 9.64 Å². The summed E-state index contributed by atoms with van der Waals surface area (Å²) in [5, 5.41) is 2.01. The summed E-state index contributed by atoms with van der Waals surface area (Å²) < 4.78 is 5.74. The smallest absolute Gasteiger partial charge is 0.254 e. The van der Waals surface area contributed by atoms with Crippen LogP contribution in [0.5, 0.6) is 0 Å². The minimum atomic E-state index is -0.131. The highest BCUT2D eigenvalue weighted by Gasteiger charge is 2.29. The van der Waals surface area contributed by atoms with E-state index in [1.807, 2.05) is 34.5 Å². The molecule has 1 unspecified atom stereocenters. The number of carbonyl (C=O) groups excluding carboxylic acids is 3. The first kappa shape index (κ1) is 19.8. The molecule has 3 heterocycles. The van der Waals surface area contributed by atoms with E-state index in [1.165, 1.54) is 4.90 Å². The Morgan fingerprint density at radius 2 is 1.90 bits per heavy atom. The summed E-state index contributed by atoms with van der Waals surface area (Å²) in [5.41, 5.74) is 1.44. The number of hydrogen-bond acceptors (Lipinski definition) is 5. The van der Waals surface area contributed by atoms with Crippen molar-refractivity contribution < 1.29 is 19.1 Å². The number of carbonyl (C=O) groups is 3. The second-order valence-electron chi connectivity index (χ2n) is 7.47. The molecular formula is C22H24N2O4S. The van der Waals surface area contributed by atoms with E-state index in [9.17, 15) is 14.4 Å². The number of likely N-dealkylation sites (tertiary alicyclic amines) is 1. The molecule has 2 aromatic rings. The van der Waals surface area contributed by atoms with Crippen molar-refractivity contribution in [3.63, 3.8) is 0 Å². The van der Waals surface area contributed by atoms with Crippen molar-refractivity contribution in [1.29, 1.82) is 0 Å². The third-order valence-corrected chi connectivity index (χ3v) is 6.22. The summed E-state index contributed by atoms with van der Waals surface area (Å²) in [6.07, 6.45) is 2.68. The first-order valence-electron chi connectivity index (χ1n) is 9.95. The van der Waals surface area contributed by atoms with Crippen molar-refractivity contribution in [2.75, 3.05) is 13.2 Å². The first-order chi connectivity index (χ1) is 14.1. The van der Waals surface area contributed by atoms with Crippen LogP contribution < -0.4 is 0 Å². The first-order valence-corrected chi connectivity index (χ1v) is 10.8. The summed E-state index contributed by atoms with van der Waals surface area (Å²) >= 11 is 1.64. The molecule has 0 radical (unpaired) electrons. The Bertz CT molecular complexity index is 857. The lowest BCUT2D eigenvalue weighted by molar-refractivity contribution is -0.139. The fourth-order valence-corrected chi connectivity index (χ4v) is 4.48. The predicted octanol–water partition coefficient (Wildman–Crippen LogP) is 3.22. The number of benzene rings is 1. The summed E-state index contributed by atoms with van der Waals surface area (Å²) in [7, 11) is 0. The van der Waals surface area contributed by atoms with Gasteiger partial charge in [0.2, 0.25) is 11.8 Å². The molecule has 2 fully saturated rings. The molecule has 1 aromatic heterocycles. The highest BCUT2D eigenvalue weighted by molar-refractivity contribution is 7.09. The van der Waals surface area contributed by atoms with Gasteiger partial charge in [0.1, 0.15) is 0 Å². The van der Waals surface area contributed by atoms with Crippen molar-refractivity contribution in [1.82, 2.24) is 9.80 Å². The van der Waals surface area contributed by atoms with Crippen molar-refractivity contribution >= 4 is 29.1 Å². The van der Waals surface area contributed by atoms with Gasteiger partial charge in [0.25, 0.3) is 5.91 Å². The Labute approximate surface area is 174 Å². The van der Waals surface area contributed by atoms with Crippen LogP contribution in [-0.2, 0) is 27.4 Å². The van der Waals surface area contributed by atoms with Gasteiger partial charge in [-0.1, -0.05) is 18.2 Å². The number of nitrogens with zero attached hydrogens (tertiary/aromatic N) is 2. The lowest BCUT2D eigenvalue weighted by atomic mass is 10.1. The maximum atomic E-state index is 13.2. The van der Waals surface area contributed by atoms with Gasteiger partial charge in [0, 0.05) is 36.4 Å². The minimum Gasteiger partial charge on any atom is -0.376 e. The molecule has 152 valence electrons. The van der Waals surface area contributed by atoms with Gasteiger partial charge in [0.05, 0.1) is 19.2 Å². The Kier molecular flexibility index (Phi) is 6.06. The largest absolute Gasteiger partial charge is 0.376 e. The van der Waals surface area contributed by atoms with E-state index in [-0.39, 0.29) is 43.2 Å². The molecule has 1 aromatic carbocycles. The second-order valence-corrected chi connectivity index (χ2v) is 8.50. The number of amides is 3. The van der Waals surface area contributed by atoms with E-state index in [0.29, 0.717) is 18.7 Å². The zero-order valence-electron chi connectivity index (χ0n) is 16.2. The number of rotatable bonds is 7. The number of ether oxygens (including phenoxy) is 1. The molecule has 0 bridgehead atoms. The van der Waals surface area contributed by atoms with Crippen LogP contribution in [0.3, 0.4) is 0 Å². The highest BCUT2D eigenvalue weighted by Crippen LogP contribution is 2.20. The van der Waals surface area contributed by atoms with Crippen LogP contribution in [0.1, 0.15) is 46.5 Å². The summed E-state index contributed by atoms with van der Waals surface area (Å²) in [6.45, 7) is 2.17. The van der Waals surface area contributed by atoms with Crippen molar-refractivity contribution in [2.24, 2.45) is 0 Å². The zero-order valence-corrected chi connectivity index (χ0v) is 17.0. The van der Waals surface area contributed by atoms with E-state index < -0.39 is 0 Å². The fourth-order valence-electron chi connectivity index (χ4n) is 3.76. The fraction of sp³-hybridized carbons (Fsp3) is 0.409. The van der Waals surface area contributed by atoms with Crippen LogP contribution in [-0.4, -0.2) is 46.8 Å². The molecule has 2 aliphatic heterocycles. The van der Waals surface area contributed by atoms with Gasteiger partial charge in [-0.3, -0.25) is 19.3 Å². The SMILES string of the molecule is O=C(c1ccc(CN2C(=O)CCC2=O)cc1)N(Cc1cccs1)CC1CCCO1. The van der Waals surface area contributed by atoms with Crippen molar-refractivity contribution in [3.8, 4) is 0 Å². The van der Waals surface area contributed by atoms with E-state index >= 15 is 0 Å². The Morgan fingerprint density at radius 1 is 1.14 bits per heavy atom. The summed E-state index contributed by atoms with van der Waals surface area (Å²) in [6, 6.07) is 11.2. The van der Waals surface area contributed by atoms with Crippen LogP contribution in [0.25, 0.3) is 0 Å². The number of hydrogen-bond donors (Lipinski definition) is 0. The average molecular weight is 413 g/mol. The lowest BCUT2D eigenvalue weighted by Crippen LogP contribution is -2.36. The average Bonchev–Trinajstić information content (AvgIpc) is 3.48. The molecule has 0 aliphatic carbocycles. The summed E-state index contributed by atoms with van der Waals surface area (Å²) in [5.74, 6) is -0.295. The molecule has 7 heteroatoms.